The second-order valence-electron chi connectivity index (χ2n) is 7.30. The van der Waals surface area contributed by atoms with Gasteiger partial charge in [-0.2, -0.15) is 0 Å². The molecule has 0 aliphatic heterocycles. The lowest BCUT2D eigenvalue weighted by Gasteiger charge is -2.12. The van der Waals surface area contributed by atoms with Crippen molar-refractivity contribution < 1.29 is 13.9 Å². The number of benzene rings is 1. The molecule has 1 atom stereocenters. The van der Waals surface area contributed by atoms with Gasteiger partial charge in [0.05, 0.1) is 24.1 Å². The van der Waals surface area contributed by atoms with Crippen LogP contribution in [0.2, 0.25) is 0 Å². The lowest BCUT2D eigenvalue weighted by Crippen LogP contribution is -2.08. The number of halogens is 1. The Morgan fingerprint density at radius 3 is 2.67 bits per heavy atom. The van der Waals surface area contributed by atoms with Gasteiger partial charge in [-0.1, -0.05) is 50.6 Å². The van der Waals surface area contributed by atoms with Crippen LogP contribution >= 0.6 is 0 Å². The first-order chi connectivity index (χ1) is 14.6. The fourth-order valence-electron chi connectivity index (χ4n) is 2.96. The molecule has 0 aliphatic rings. The van der Waals surface area contributed by atoms with Crippen molar-refractivity contribution in [1.82, 2.24) is 9.97 Å². The smallest absolute Gasteiger partial charge is 0.162 e. The van der Waals surface area contributed by atoms with Crippen molar-refractivity contribution >= 4 is 6.08 Å². The van der Waals surface area contributed by atoms with Crippen LogP contribution in [0.3, 0.4) is 0 Å². The first-order valence-electron chi connectivity index (χ1n) is 10.8. The highest BCUT2D eigenvalue weighted by atomic mass is 19.1. The van der Waals surface area contributed by atoms with Gasteiger partial charge in [-0.15, -0.1) is 0 Å². The zero-order valence-electron chi connectivity index (χ0n) is 18.1. The first kappa shape index (κ1) is 23.7. The molecule has 1 unspecified atom stereocenters. The molecule has 0 spiro atoms. The molecule has 4 nitrogen and oxygen atoms in total. The third kappa shape index (κ3) is 8.46. The molecule has 0 radical (unpaired) electrons. The summed E-state index contributed by atoms with van der Waals surface area (Å²) in [5.74, 6) is 0.521. The van der Waals surface area contributed by atoms with E-state index in [1.165, 1.54) is 31.3 Å². The number of aromatic nitrogens is 2. The van der Waals surface area contributed by atoms with E-state index < -0.39 is 0 Å². The van der Waals surface area contributed by atoms with E-state index in [0.717, 1.165) is 37.9 Å². The van der Waals surface area contributed by atoms with Gasteiger partial charge >= 0.3 is 0 Å². The minimum atomic E-state index is -0.342. The summed E-state index contributed by atoms with van der Waals surface area (Å²) in [7, 11) is 0. The Labute approximate surface area is 179 Å². The molecule has 0 bridgehead atoms. The second-order valence-corrected chi connectivity index (χ2v) is 7.30. The minimum Gasteiger partial charge on any atom is -0.486 e. The molecule has 0 fully saturated rings. The molecule has 0 N–H and O–H groups in total. The van der Waals surface area contributed by atoms with E-state index in [1.807, 2.05) is 12.1 Å². The van der Waals surface area contributed by atoms with Crippen LogP contribution < -0.4 is 4.74 Å². The number of ether oxygens (including phenoxy) is 2. The highest BCUT2D eigenvalue weighted by molar-refractivity contribution is 5.60. The first-order valence-corrected chi connectivity index (χ1v) is 10.8. The molecule has 0 saturated carbocycles. The highest BCUT2D eigenvalue weighted by Crippen LogP contribution is 2.22. The number of hydrogen-bond donors (Lipinski definition) is 0. The Hall–Kier alpha value is -2.53. The Morgan fingerprint density at radius 2 is 1.97 bits per heavy atom. The van der Waals surface area contributed by atoms with Crippen LogP contribution in [0.5, 0.6) is 5.75 Å². The van der Waals surface area contributed by atoms with Crippen molar-refractivity contribution in [2.24, 2.45) is 0 Å². The summed E-state index contributed by atoms with van der Waals surface area (Å²) in [6.07, 6.45) is 15.7. The zero-order valence-corrected chi connectivity index (χ0v) is 18.1. The Balaban J connectivity index is 1.80. The van der Waals surface area contributed by atoms with Gasteiger partial charge in [-0.05, 0) is 50.3 Å². The summed E-state index contributed by atoms with van der Waals surface area (Å²) >= 11 is 0. The number of nitrogens with zero attached hydrogens (tertiary/aromatic N) is 2. The zero-order chi connectivity index (χ0) is 21.6. The average Bonchev–Trinajstić information content (AvgIpc) is 2.75. The number of hydrogen-bond acceptors (Lipinski definition) is 4. The van der Waals surface area contributed by atoms with Crippen LogP contribution in [-0.2, 0) is 4.74 Å². The molecule has 0 amide bonds. The van der Waals surface area contributed by atoms with E-state index in [-0.39, 0.29) is 5.82 Å². The molecule has 162 valence electrons. The van der Waals surface area contributed by atoms with Crippen LogP contribution in [0.25, 0.3) is 17.5 Å². The van der Waals surface area contributed by atoms with E-state index in [1.54, 1.807) is 12.1 Å². The minimum absolute atomic E-state index is 0.292. The Morgan fingerprint density at radius 1 is 1.17 bits per heavy atom. The van der Waals surface area contributed by atoms with Gasteiger partial charge in [0.15, 0.2) is 11.6 Å². The predicted octanol–water partition coefficient (Wildman–Crippen LogP) is 6.63. The molecule has 30 heavy (non-hydrogen) atoms. The van der Waals surface area contributed by atoms with Crippen LogP contribution in [0.1, 0.15) is 57.9 Å². The van der Waals surface area contributed by atoms with E-state index >= 15 is 0 Å². The Kier molecular flexibility index (Phi) is 10.8. The van der Waals surface area contributed by atoms with E-state index in [0.29, 0.717) is 29.8 Å². The topological polar surface area (TPSA) is 44.2 Å². The number of unbranched alkanes of at least 4 members (excludes halogenated alkanes) is 3. The lowest BCUT2D eigenvalue weighted by molar-refractivity contribution is 0.0566. The molecule has 2 rings (SSSR count). The van der Waals surface area contributed by atoms with Crippen LogP contribution in [0, 0.1) is 5.82 Å². The van der Waals surface area contributed by atoms with Gasteiger partial charge < -0.3 is 9.47 Å². The molecular formula is C25H33FN2O2. The molecule has 0 aliphatic carbocycles. The summed E-state index contributed by atoms with van der Waals surface area (Å²) in [5, 5.41) is 0. The average molecular weight is 413 g/mol. The predicted molar refractivity (Wildman–Crippen MR) is 121 cm³/mol. The molecule has 0 saturated heterocycles. The monoisotopic (exact) mass is 412 g/mol. The van der Waals surface area contributed by atoms with Crippen molar-refractivity contribution in [2.45, 2.75) is 58.5 Å². The van der Waals surface area contributed by atoms with E-state index in [4.69, 9.17) is 9.47 Å². The molecule has 5 heteroatoms. The molecule has 1 heterocycles. The largest absolute Gasteiger partial charge is 0.486 e. The third-order valence-corrected chi connectivity index (χ3v) is 4.67. The quantitative estimate of drug-likeness (QED) is 0.258. The normalized spacial score (nSPS) is 12.2. The lowest BCUT2D eigenvalue weighted by atomic mass is 10.1. The molecule has 1 aromatic heterocycles. The summed E-state index contributed by atoms with van der Waals surface area (Å²) < 4.78 is 25.7. The SMILES string of the molecule is C=CCOc1cnc(-c2ccc(C=CCCCC(C)OCCCCC)cc2F)nc1. The van der Waals surface area contributed by atoms with Gasteiger partial charge in [-0.3, -0.25) is 0 Å². The van der Waals surface area contributed by atoms with E-state index in [2.05, 4.69) is 36.5 Å². The molecular weight excluding hydrogens is 379 g/mol. The standard InChI is InChI=1S/C25H33FN2O2/c1-4-6-10-16-29-20(3)11-8-7-9-12-21-13-14-23(24(26)17-21)25-27-18-22(19-28-25)30-15-5-2/h5,9,12-14,17-20H,2,4,6-8,10-11,15-16H2,1,3H3. The van der Waals surface area contributed by atoms with Gasteiger partial charge in [-0.25, -0.2) is 14.4 Å². The molecule has 2 aromatic rings. The summed E-state index contributed by atoms with van der Waals surface area (Å²) in [4.78, 5) is 8.37. The van der Waals surface area contributed by atoms with Gasteiger partial charge in [0.1, 0.15) is 12.4 Å². The van der Waals surface area contributed by atoms with Crippen molar-refractivity contribution in [3.8, 4) is 17.1 Å². The summed E-state index contributed by atoms with van der Waals surface area (Å²) in [5.41, 5.74) is 1.20. The number of rotatable bonds is 14. The fourth-order valence-corrected chi connectivity index (χ4v) is 2.96. The maximum absolute atomic E-state index is 14.5. The van der Waals surface area contributed by atoms with E-state index in [9.17, 15) is 4.39 Å². The van der Waals surface area contributed by atoms with Crippen molar-refractivity contribution in [3.63, 3.8) is 0 Å². The summed E-state index contributed by atoms with van der Waals surface area (Å²) in [6.45, 7) is 9.14. The summed E-state index contributed by atoms with van der Waals surface area (Å²) in [6, 6.07) is 5.09. The van der Waals surface area contributed by atoms with Crippen LogP contribution in [0.15, 0.2) is 49.3 Å². The molecule has 1 aromatic carbocycles. The van der Waals surface area contributed by atoms with Crippen LogP contribution in [0.4, 0.5) is 4.39 Å². The van der Waals surface area contributed by atoms with Gasteiger partial charge in [0.25, 0.3) is 0 Å². The fraction of sp³-hybridized carbons (Fsp3) is 0.440. The van der Waals surface area contributed by atoms with Crippen molar-refractivity contribution in [2.75, 3.05) is 13.2 Å². The third-order valence-electron chi connectivity index (χ3n) is 4.67. The number of allylic oxidation sites excluding steroid dienone is 1. The van der Waals surface area contributed by atoms with Gasteiger partial charge in [0.2, 0.25) is 0 Å². The highest BCUT2D eigenvalue weighted by Gasteiger charge is 2.08. The van der Waals surface area contributed by atoms with Gasteiger partial charge in [0, 0.05) is 6.61 Å². The van der Waals surface area contributed by atoms with Crippen molar-refractivity contribution in [3.05, 3.63) is 60.7 Å². The van der Waals surface area contributed by atoms with Crippen molar-refractivity contribution in [1.29, 1.82) is 0 Å². The maximum Gasteiger partial charge on any atom is 0.162 e. The Bertz CT molecular complexity index is 790. The van der Waals surface area contributed by atoms with Crippen LogP contribution in [-0.4, -0.2) is 29.3 Å². The second kappa shape index (κ2) is 13.6. The maximum atomic E-state index is 14.5.